The summed E-state index contributed by atoms with van der Waals surface area (Å²) < 4.78 is 7.11. The number of carbonyl (C=O) groups is 1. The number of nitrogens with zero attached hydrogens (tertiary/aromatic N) is 2. The summed E-state index contributed by atoms with van der Waals surface area (Å²) in [6, 6.07) is 6.01. The van der Waals surface area contributed by atoms with Gasteiger partial charge in [0.05, 0.1) is 23.8 Å². The topological polar surface area (TPSA) is 68.2 Å². The van der Waals surface area contributed by atoms with Gasteiger partial charge in [0.25, 0.3) is 0 Å². The molecule has 0 radical (unpaired) electrons. The van der Waals surface area contributed by atoms with E-state index in [1.807, 2.05) is 12.3 Å². The van der Waals surface area contributed by atoms with Crippen molar-refractivity contribution in [1.82, 2.24) is 15.1 Å². The first kappa shape index (κ1) is 16.5. The predicted octanol–water partition coefficient (Wildman–Crippen LogP) is 3.04. The number of aryl methyl sites for hydroxylation is 2. The number of rotatable bonds is 4. The normalized spacial score (nSPS) is 15.2. The van der Waals surface area contributed by atoms with Gasteiger partial charge < -0.3 is 15.4 Å². The highest BCUT2D eigenvalue weighted by atomic mass is 16.5. The third-order valence-corrected chi connectivity index (χ3v) is 4.33. The van der Waals surface area contributed by atoms with Crippen molar-refractivity contribution in [3.63, 3.8) is 0 Å². The zero-order valence-corrected chi connectivity index (χ0v) is 14.2. The van der Waals surface area contributed by atoms with Gasteiger partial charge in [0.15, 0.2) is 0 Å². The van der Waals surface area contributed by atoms with Gasteiger partial charge in [-0.1, -0.05) is 17.7 Å². The van der Waals surface area contributed by atoms with Crippen molar-refractivity contribution in [1.29, 1.82) is 0 Å². The Morgan fingerprint density at radius 2 is 2.12 bits per heavy atom. The Labute approximate surface area is 142 Å². The molecule has 128 valence electrons. The van der Waals surface area contributed by atoms with Crippen LogP contribution in [-0.2, 0) is 4.74 Å². The third-order valence-electron chi connectivity index (χ3n) is 4.33. The Balaban J connectivity index is 1.56. The van der Waals surface area contributed by atoms with Gasteiger partial charge >= 0.3 is 6.03 Å². The number of aromatic nitrogens is 2. The molecule has 2 aromatic rings. The van der Waals surface area contributed by atoms with Crippen LogP contribution in [-0.4, -0.2) is 35.6 Å². The van der Waals surface area contributed by atoms with Gasteiger partial charge in [-0.15, -0.1) is 0 Å². The van der Waals surface area contributed by atoms with E-state index in [-0.39, 0.29) is 6.03 Å². The van der Waals surface area contributed by atoms with Gasteiger partial charge in [-0.25, -0.2) is 9.48 Å². The molecule has 1 saturated heterocycles. The summed E-state index contributed by atoms with van der Waals surface area (Å²) in [7, 11) is 0. The van der Waals surface area contributed by atoms with E-state index in [0.717, 1.165) is 37.3 Å². The van der Waals surface area contributed by atoms with E-state index in [1.165, 1.54) is 5.56 Å². The van der Waals surface area contributed by atoms with E-state index in [9.17, 15) is 4.79 Å². The third kappa shape index (κ3) is 4.14. The number of hydrogen-bond donors (Lipinski definition) is 2. The molecule has 6 nitrogen and oxygen atoms in total. The lowest BCUT2D eigenvalue weighted by Crippen LogP contribution is -2.34. The molecule has 0 unspecified atom stereocenters. The predicted molar refractivity (Wildman–Crippen MR) is 93.6 cm³/mol. The highest BCUT2D eigenvalue weighted by molar-refractivity contribution is 5.88. The minimum atomic E-state index is -0.193. The molecule has 0 bridgehead atoms. The summed E-state index contributed by atoms with van der Waals surface area (Å²) in [6.45, 7) is 6.38. The van der Waals surface area contributed by atoms with E-state index in [0.29, 0.717) is 18.2 Å². The maximum Gasteiger partial charge on any atom is 0.319 e. The van der Waals surface area contributed by atoms with Crippen molar-refractivity contribution in [2.75, 3.05) is 25.1 Å². The van der Waals surface area contributed by atoms with Gasteiger partial charge in [0.2, 0.25) is 0 Å². The van der Waals surface area contributed by atoms with E-state index in [1.54, 1.807) is 10.9 Å². The molecule has 0 aliphatic carbocycles. The van der Waals surface area contributed by atoms with Gasteiger partial charge in [-0.3, -0.25) is 0 Å². The largest absolute Gasteiger partial charge is 0.381 e. The van der Waals surface area contributed by atoms with Gasteiger partial charge in [-0.05, 0) is 44.2 Å². The monoisotopic (exact) mass is 328 g/mol. The molecule has 2 heterocycles. The van der Waals surface area contributed by atoms with Gasteiger partial charge in [0.1, 0.15) is 0 Å². The Morgan fingerprint density at radius 3 is 2.88 bits per heavy atom. The standard InChI is InChI=1S/C18H24N4O2/c1-13-3-4-17(14(2)9-13)22-12-16(11-20-22)21-18(23)19-10-15-5-7-24-8-6-15/h3-4,9,11-12,15H,5-8,10H2,1-2H3,(H2,19,21,23). The number of carbonyl (C=O) groups excluding carboxylic acids is 1. The minimum absolute atomic E-state index is 0.193. The smallest absolute Gasteiger partial charge is 0.319 e. The molecular weight excluding hydrogens is 304 g/mol. The van der Waals surface area contributed by atoms with Crippen LogP contribution in [0.5, 0.6) is 0 Å². The first-order chi connectivity index (χ1) is 11.6. The van der Waals surface area contributed by atoms with Crippen molar-refractivity contribution < 1.29 is 9.53 Å². The molecule has 0 saturated carbocycles. The Hall–Kier alpha value is -2.34. The second-order valence-corrected chi connectivity index (χ2v) is 6.35. The lowest BCUT2D eigenvalue weighted by Gasteiger charge is -2.22. The molecule has 3 rings (SSSR count). The zero-order valence-electron chi connectivity index (χ0n) is 14.2. The van der Waals surface area contributed by atoms with Crippen LogP contribution in [0.1, 0.15) is 24.0 Å². The zero-order chi connectivity index (χ0) is 16.9. The maximum atomic E-state index is 12.0. The number of nitrogens with one attached hydrogen (secondary N) is 2. The average Bonchev–Trinajstić information content (AvgIpc) is 3.02. The summed E-state index contributed by atoms with van der Waals surface area (Å²) in [5.74, 6) is 0.502. The lowest BCUT2D eigenvalue weighted by molar-refractivity contribution is 0.0671. The Bertz CT molecular complexity index is 705. The molecule has 1 aliphatic rings. The Kier molecular flexibility index (Phi) is 5.15. The van der Waals surface area contributed by atoms with Crippen molar-refractivity contribution in [3.8, 4) is 5.69 Å². The van der Waals surface area contributed by atoms with Crippen LogP contribution >= 0.6 is 0 Å². The van der Waals surface area contributed by atoms with Crippen LogP contribution in [0.15, 0.2) is 30.6 Å². The first-order valence-electron chi connectivity index (χ1n) is 8.37. The van der Waals surface area contributed by atoms with E-state index < -0.39 is 0 Å². The number of ether oxygens (including phenoxy) is 1. The van der Waals surface area contributed by atoms with Gasteiger partial charge in [0, 0.05) is 19.8 Å². The summed E-state index contributed by atoms with van der Waals surface area (Å²) in [5, 5.41) is 10.1. The lowest BCUT2D eigenvalue weighted by atomic mass is 10.0. The van der Waals surface area contributed by atoms with Crippen molar-refractivity contribution in [3.05, 3.63) is 41.7 Å². The van der Waals surface area contributed by atoms with Crippen molar-refractivity contribution in [2.24, 2.45) is 5.92 Å². The minimum Gasteiger partial charge on any atom is -0.381 e. The number of anilines is 1. The van der Waals surface area contributed by atoms with Crippen LogP contribution in [0.3, 0.4) is 0 Å². The van der Waals surface area contributed by atoms with Gasteiger partial charge in [-0.2, -0.15) is 5.10 Å². The fourth-order valence-electron chi connectivity index (χ4n) is 2.94. The van der Waals surface area contributed by atoms with E-state index in [2.05, 4.69) is 41.7 Å². The average molecular weight is 328 g/mol. The van der Waals surface area contributed by atoms with E-state index >= 15 is 0 Å². The molecule has 1 aromatic heterocycles. The fraction of sp³-hybridized carbons (Fsp3) is 0.444. The number of hydrogen-bond acceptors (Lipinski definition) is 3. The van der Waals surface area contributed by atoms with Crippen LogP contribution in [0, 0.1) is 19.8 Å². The molecule has 24 heavy (non-hydrogen) atoms. The Morgan fingerprint density at radius 1 is 1.33 bits per heavy atom. The molecule has 1 aromatic carbocycles. The fourth-order valence-corrected chi connectivity index (χ4v) is 2.94. The molecule has 0 spiro atoms. The van der Waals surface area contributed by atoms with Crippen molar-refractivity contribution >= 4 is 11.7 Å². The molecule has 1 aliphatic heterocycles. The summed E-state index contributed by atoms with van der Waals surface area (Å²) in [6.07, 6.45) is 5.49. The van der Waals surface area contributed by atoms with Crippen LogP contribution in [0.2, 0.25) is 0 Å². The first-order valence-corrected chi connectivity index (χ1v) is 8.37. The van der Waals surface area contributed by atoms with E-state index in [4.69, 9.17) is 4.74 Å². The molecular formula is C18H24N4O2. The molecule has 2 N–H and O–H groups in total. The molecule has 2 amide bonds. The summed E-state index contributed by atoms with van der Waals surface area (Å²) in [4.78, 5) is 12.0. The maximum absolute atomic E-state index is 12.0. The second-order valence-electron chi connectivity index (χ2n) is 6.35. The number of urea groups is 1. The molecule has 6 heteroatoms. The highest BCUT2D eigenvalue weighted by Gasteiger charge is 2.15. The summed E-state index contributed by atoms with van der Waals surface area (Å²) in [5.41, 5.74) is 4.05. The molecule has 0 atom stereocenters. The van der Waals surface area contributed by atoms with Crippen molar-refractivity contribution in [2.45, 2.75) is 26.7 Å². The quantitative estimate of drug-likeness (QED) is 0.906. The highest BCUT2D eigenvalue weighted by Crippen LogP contribution is 2.17. The second kappa shape index (κ2) is 7.49. The summed E-state index contributed by atoms with van der Waals surface area (Å²) >= 11 is 0. The van der Waals surface area contributed by atoms with Crippen LogP contribution in [0.4, 0.5) is 10.5 Å². The van der Waals surface area contributed by atoms with Crippen LogP contribution in [0.25, 0.3) is 5.69 Å². The van der Waals surface area contributed by atoms with Crippen LogP contribution < -0.4 is 10.6 Å². The number of amides is 2. The molecule has 1 fully saturated rings. The number of benzene rings is 1. The SMILES string of the molecule is Cc1ccc(-n2cc(NC(=O)NCC3CCOCC3)cn2)c(C)c1.